The summed E-state index contributed by atoms with van der Waals surface area (Å²) in [4.78, 5) is 0. The first kappa shape index (κ1) is 11.8. The van der Waals surface area contributed by atoms with Gasteiger partial charge in [0.05, 0.1) is 18.2 Å². The molecule has 0 aromatic heterocycles. The molecule has 1 aromatic carbocycles. The molecule has 1 fully saturated rings. The first-order valence-corrected chi connectivity index (χ1v) is 5.66. The summed E-state index contributed by atoms with van der Waals surface area (Å²) in [5.74, 6) is -0.411. The molecule has 1 N–H and O–H groups in total. The molecule has 0 bridgehead atoms. The maximum atomic E-state index is 13.0. The third kappa shape index (κ3) is 2.37. The fourth-order valence-corrected chi connectivity index (χ4v) is 2.26. The molecule has 0 amide bonds. The van der Waals surface area contributed by atoms with Gasteiger partial charge in [0.2, 0.25) is 0 Å². The van der Waals surface area contributed by atoms with Crippen molar-refractivity contribution in [3.63, 3.8) is 0 Å². The lowest BCUT2D eigenvalue weighted by atomic mass is 9.82. The average molecular weight is 245 g/mol. The predicted octanol–water partition coefficient (Wildman–Crippen LogP) is 2.42. The summed E-state index contributed by atoms with van der Waals surface area (Å²) >= 11 is 5.72. The Labute approximate surface area is 99.0 Å². The van der Waals surface area contributed by atoms with E-state index in [9.17, 15) is 9.50 Å². The monoisotopic (exact) mass is 244 g/mol. The number of hydrogen-bond donors (Lipinski definition) is 1. The van der Waals surface area contributed by atoms with E-state index in [1.807, 2.05) is 0 Å². The fraction of sp³-hybridized carbons (Fsp3) is 0.500. The van der Waals surface area contributed by atoms with Crippen LogP contribution in [-0.2, 0) is 11.2 Å². The van der Waals surface area contributed by atoms with Crippen molar-refractivity contribution in [1.82, 2.24) is 0 Å². The van der Waals surface area contributed by atoms with Crippen LogP contribution in [0.4, 0.5) is 4.39 Å². The standard InChI is InChI=1S/C12H14ClFO2/c13-10-5-9(1-2-11(10)14)6-12(7-15)3-4-16-8-12/h1-2,5,15H,3-4,6-8H2. The van der Waals surface area contributed by atoms with Crippen LogP contribution in [0.2, 0.25) is 5.02 Å². The van der Waals surface area contributed by atoms with Crippen molar-refractivity contribution in [2.24, 2.45) is 5.41 Å². The minimum absolute atomic E-state index is 0.0853. The summed E-state index contributed by atoms with van der Waals surface area (Å²) in [5, 5.41) is 9.54. The maximum absolute atomic E-state index is 13.0. The van der Waals surface area contributed by atoms with E-state index in [4.69, 9.17) is 16.3 Å². The Morgan fingerprint density at radius 2 is 2.31 bits per heavy atom. The van der Waals surface area contributed by atoms with Crippen LogP contribution in [0.15, 0.2) is 18.2 Å². The number of rotatable bonds is 3. The van der Waals surface area contributed by atoms with Gasteiger partial charge in [-0.3, -0.25) is 0 Å². The molecule has 1 heterocycles. The molecule has 88 valence electrons. The van der Waals surface area contributed by atoms with Crippen molar-refractivity contribution in [3.8, 4) is 0 Å². The summed E-state index contributed by atoms with van der Waals surface area (Å²) in [6, 6.07) is 4.68. The van der Waals surface area contributed by atoms with E-state index in [0.29, 0.717) is 19.6 Å². The summed E-state index contributed by atoms with van der Waals surface area (Å²) in [7, 11) is 0. The lowest BCUT2D eigenvalue weighted by molar-refractivity contribution is 0.0935. The molecule has 1 atom stereocenters. The van der Waals surface area contributed by atoms with Crippen molar-refractivity contribution < 1.29 is 14.2 Å². The topological polar surface area (TPSA) is 29.5 Å². The third-order valence-corrected chi connectivity index (χ3v) is 3.37. The molecule has 0 radical (unpaired) electrons. The number of benzene rings is 1. The van der Waals surface area contributed by atoms with Crippen LogP contribution >= 0.6 is 11.6 Å². The van der Waals surface area contributed by atoms with Gasteiger partial charge in [-0.15, -0.1) is 0 Å². The number of aliphatic hydroxyl groups excluding tert-OH is 1. The molecule has 2 rings (SSSR count). The first-order valence-electron chi connectivity index (χ1n) is 5.28. The van der Waals surface area contributed by atoms with Crippen LogP contribution in [0.5, 0.6) is 0 Å². The first-order chi connectivity index (χ1) is 7.65. The molecule has 16 heavy (non-hydrogen) atoms. The molecule has 1 saturated heterocycles. The predicted molar refractivity (Wildman–Crippen MR) is 60.1 cm³/mol. The molecule has 2 nitrogen and oxygen atoms in total. The van der Waals surface area contributed by atoms with Gasteiger partial charge >= 0.3 is 0 Å². The number of halogens is 2. The Morgan fingerprint density at radius 1 is 1.50 bits per heavy atom. The maximum Gasteiger partial charge on any atom is 0.141 e. The lowest BCUT2D eigenvalue weighted by Gasteiger charge is -2.24. The van der Waals surface area contributed by atoms with Crippen LogP contribution in [-0.4, -0.2) is 24.9 Å². The molecule has 1 aromatic rings. The molecule has 1 unspecified atom stereocenters. The van der Waals surface area contributed by atoms with E-state index in [1.165, 1.54) is 6.07 Å². The van der Waals surface area contributed by atoms with E-state index < -0.39 is 5.82 Å². The molecular weight excluding hydrogens is 231 g/mol. The summed E-state index contributed by atoms with van der Waals surface area (Å²) < 4.78 is 18.3. The van der Waals surface area contributed by atoms with Gasteiger partial charge in [-0.05, 0) is 30.5 Å². The molecule has 1 aliphatic heterocycles. The summed E-state index contributed by atoms with van der Waals surface area (Å²) in [6.07, 6.45) is 1.50. The van der Waals surface area contributed by atoms with Gasteiger partial charge in [0.15, 0.2) is 0 Å². The van der Waals surface area contributed by atoms with Gasteiger partial charge in [0.1, 0.15) is 5.82 Å². The Balaban J connectivity index is 2.16. The Kier molecular flexibility index (Phi) is 3.47. The summed E-state index contributed by atoms with van der Waals surface area (Å²) in [6.45, 7) is 1.32. The quantitative estimate of drug-likeness (QED) is 0.885. The van der Waals surface area contributed by atoms with Gasteiger partial charge < -0.3 is 9.84 Å². The highest BCUT2D eigenvalue weighted by molar-refractivity contribution is 6.30. The minimum Gasteiger partial charge on any atom is -0.396 e. The number of aliphatic hydroxyl groups is 1. The zero-order valence-electron chi connectivity index (χ0n) is 8.88. The van der Waals surface area contributed by atoms with Crippen molar-refractivity contribution in [2.45, 2.75) is 12.8 Å². The lowest BCUT2D eigenvalue weighted by Crippen LogP contribution is -2.28. The highest BCUT2D eigenvalue weighted by Gasteiger charge is 2.34. The molecule has 4 heteroatoms. The largest absolute Gasteiger partial charge is 0.396 e. The van der Waals surface area contributed by atoms with E-state index in [2.05, 4.69) is 0 Å². The zero-order valence-corrected chi connectivity index (χ0v) is 9.63. The Hall–Kier alpha value is -0.640. The van der Waals surface area contributed by atoms with Crippen LogP contribution in [0, 0.1) is 11.2 Å². The molecule has 0 spiro atoms. The van der Waals surface area contributed by atoms with Crippen molar-refractivity contribution in [2.75, 3.05) is 19.8 Å². The number of hydrogen-bond acceptors (Lipinski definition) is 2. The van der Waals surface area contributed by atoms with Gasteiger partial charge in [0.25, 0.3) is 0 Å². The highest BCUT2D eigenvalue weighted by atomic mass is 35.5. The molecule has 0 aliphatic carbocycles. The third-order valence-electron chi connectivity index (χ3n) is 3.08. The van der Waals surface area contributed by atoms with Crippen molar-refractivity contribution in [3.05, 3.63) is 34.6 Å². The SMILES string of the molecule is OCC1(Cc2ccc(F)c(Cl)c2)CCOC1. The van der Waals surface area contributed by atoms with Crippen LogP contribution in [0.25, 0.3) is 0 Å². The van der Waals surface area contributed by atoms with Gasteiger partial charge in [-0.2, -0.15) is 0 Å². The summed E-state index contributed by atoms with van der Waals surface area (Å²) in [5.41, 5.74) is 0.715. The molecule has 0 saturated carbocycles. The molecular formula is C12H14ClFO2. The van der Waals surface area contributed by atoms with Gasteiger partial charge in [-0.1, -0.05) is 17.7 Å². The smallest absolute Gasteiger partial charge is 0.141 e. The normalized spacial score (nSPS) is 24.9. The second kappa shape index (κ2) is 4.70. The van der Waals surface area contributed by atoms with E-state index in [0.717, 1.165) is 12.0 Å². The minimum atomic E-state index is -0.411. The highest BCUT2D eigenvalue weighted by Crippen LogP contribution is 2.32. The molecule has 1 aliphatic rings. The Morgan fingerprint density at radius 3 is 2.88 bits per heavy atom. The van der Waals surface area contributed by atoms with E-state index >= 15 is 0 Å². The second-order valence-corrected chi connectivity index (χ2v) is 4.79. The fourth-order valence-electron chi connectivity index (χ4n) is 2.05. The average Bonchev–Trinajstić information content (AvgIpc) is 2.73. The Bertz CT molecular complexity index is 375. The van der Waals surface area contributed by atoms with Gasteiger partial charge in [0, 0.05) is 12.0 Å². The van der Waals surface area contributed by atoms with Crippen molar-refractivity contribution >= 4 is 11.6 Å². The number of ether oxygens (including phenoxy) is 1. The van der Waals surface area contributed by atoms with Crippen LogP contribution in [0.1, 0.15) is 12.0 Å². The van der Waals surface area contributed by atoms with E-state index in [1.54, 1.807) is 12.1 Å². The van der Waals surface area contributed by atoms with Gasteiger partial charge in [-0.25, -0.2) is 4.39 Å². The van der Waals surface area contributed by atoms with Crippen molar-refractivity contribution in [1.29, 1.82) is 0 Å². The van der Waals surface area contributed by atoms with E-state index in [-0.39, 0.29) is 17.0 Å². The second-order valence-electron chi connectivity index (χ2n) is 4.39. The zero-order chi connectivity index (χ0) is 11.6. The van der Waals surface area contributed by atoms with Crippen LogP contribution in [0.3, 0.4) is 0 Å². The van der Waals surface area contributed by atoms with Crippen LogP contribution < -0.4 is 0 Å².